The quantitative estimate of drug-likeness (QED) is 0.941. The van der Waals surface area contributed by atoms with E-state index >= 15 is 0 Å². The molecule has 0 saturated carbocycles. The molecule has 94 valence electrons. The van der Waals surface area contributed by atoms with Crippen LogP contribution in [0.5, 0.6) is 5.75 Å². The maximum Gasteiger partial charge on any atom is 0.245 e. The van der Waals surface area contributed by atoms with Crippen molar-refractivity contribution < 1.29 is 9.13 Å². The van der Waals surface area contributed by atoms with Crippen LogP contribution < -0.4 is 10.1 Å². The average Bonchev–Trinajstić information content (AvgIpc) is 2.34. The van der Waals surface area contributed by atoms with Crippen LogP contribution in [0.1, 0.15) is 0 Å². The molecule has 0 spiro atoms. The lowest BCUT2D eigenvalue weighted by molar-refractivity contribution is 0.386. The van der Waals surface area contributed by atoms with Gasteiger partial charge in [-0.15, -0.1) is 10.2 Å². The molecule has 18 heavy (non-hydrogen) atoms. The Morgan fingerprint density at radius 1 is 1.28 bits per heavy atom. The van der Waals surface area contributed by atoms with Crippen LogP contribution in [0.2, 0.25) is 10.4 Å². The molecule has 2 rings (SSSR count). The molecular weight excluding hydrogens is 282 g/mol. The summed E-state index contributed by atoms with van der Waals surface area (Å²) in [6.45, 7) is 0. The van der Waals surface area contributed by atoms with Crippen LogP contribution in [0.25, 0.3) is 0 Å². The highest BCUT2D eigenvalue weighted by atomic mass is 35.5. The second-order valence-corrected chi connectivity index (χ2v) is 3.89. The molecule has 0 radical (unpaired) electrons. The lowest BCUT2D eigenvalue weighted by Crippen LogP contribution is -1.99. The van der Waals surface area contributed by atoms with Crippen LogP contribution in [-0.2, 0) is 0 Å². The Morgan fingerprint density at radius 3 is 2.72 bits per heavy atom. The smallest absolute Gasteiger partial charge is 0.245 e. The number of hydrogen-bond acceptors (Lipinski definition) is 5. The van der Waals surface area contributed by atoms with Gasteiger partial charge in [0.25, 0.3) is 0 Å². The number of nitrogens with one attached hydrogen (secondary N) is 1. The van der Waals surface area contributed by atoms with Gasteiger partial charge in [0.1, 0.15) is 0 Å². The molecule has 0 amide bonds. The predicted octanol–water partition coefficient (Wildman–Crippen LogP) is 3.07. The molecule has 0 unspecified atom stereocenters. The third-order valence-electron chi connectivity index (χ3n) is 2.03. The minimum atomic E-state index is -0.508. The van der Waals surface area contributed by atoms with Crippen LogP contribution in [0.3, 0.4) is 0 Å². The molecule has 8 heteroatoms. The predicted molar refractivity (Wildman–Crippen MR) is 66.1 cm³/mol. The zero-order chi connectivity index (χ0) is 13.1. The van der Waals surface area contributed by atoms with Crippen LogP contribution in [-0.4, -0.2) is 22.3 Å². The topological polar surface area (TPSA) is 59.9 Å². The molecule has 1 aromatic heterocycles. The number of methoxy groups -OCH3 is 1. The van der Waals surface area contributed by atoms with Crippen molar-refractivity contribution in [2.45, 2.75) is 0 Å². The number of nitrogens with zero attached hydrogens (tertiary/aromatic N) is 3. The lowest BCUT2D eigenvalue weighted by Gasteiger charge is -2.08. The highest BCUT2D eigenvalue weighted by Gasteiger charge is 2.08. The molecule has 0 aliphatic carbocycles. The molecule has 0 fully saturated rings. The van der Waals surface area contributed by atoms with Crippen molar-refractivity contribution in [2.24, 2.45) is 0 Å². The maximum atomic E-state index is 13.5. The highest BCUT2D eigenvalue weighted by Crippen LogP contribution is 2.25. The van der Waals surface area contributed by atoms with Gasteiger partial charge in [0, 0.05) is 11.8 Å². The van der Waals surface area contributed by atoms with Gasteiger partial charge in [-0.05, 0) is 23.7 Å². The van der Waals surface area contributed by atoms with Gasteiger partial charge in [-0.25, -0.2) is 4.39 Å². The molecule has 0 aliphatic rings. The van der Waals surface area contributed by atoms with Crippen molar-refractivity contribution in [3.63, 3.8) is 0 Å². The first-order chi connectivity index (χ1) is 8.60. The highest BCUT2D eigenvalue weighted by molar-refractivity contribution is 6.32. The summed E-state index contributed by atoms with van der Waals surface area (Å²) in [4.78, 5) is 3.84. The largest absolute Gasteiger partial charge is 0.494 e. The van der Waals surface area contributed by atoms with E-state index in [1.165, 1.54) is 19.2 Å². The van der Waals surface area contributed by atoms with E-state index < -0.39 is 5.82 Å². The van der Waals surface area contributed by atoms with Gasteiger partial charge < -0.3 is 10.1 Å². The van der Waals surface area contributed by atoms with Crippen molar-refractivity contribution >= 4 is 34.7 Å². The molecule has 1 aromatic carbocycles. The summed E-state index contributed by atoms with van der Waals surface area (Å²) in [5.74, 6) is -0.168. The Kier molecular flexibility index (Phi) is 3.78. The van der Waals surface area contributed by atoms with Crippen LogP contribution in [0.15, 0.2) is 18.2 Å². The van der Waals surface area contributed by atoms with E-state index in [-0.39, 0.29) is 22.0 Å². The molecule has 0 bridgehead atoms. The SMILES string of the molecule is COc1ccc(Nc2nc(Cl)nnc2Cl)cc1F. The Hall–Kier alpha value is -1.66. The first-order valence-electron chi connectivity index (χ1n) is 4.76. The van der Waals surface area contributed by atoms with Crippen molar-refractivity contribution in [1.82, 2.24) is 15.2 Å². The number of rotatable bonds is 3. The summed E-state index contributed by atoms with van der Waals surface area (Å²) in [5.41, 5.74) is 0.437. The van der Waals surface area contributed by atoms with Crippen molar-refractivity contribution in [3.8, 4) is 5.75 Å². The number of aromatic nitrogens is 3. The molecule has 1 heterocycles. The van der Waals surface area contributed by atoms with E-state index in [0.717, 1.165) is 0 Å². The fourth-order valence-corrected chi connectivity index (χ4v) is 1.50. The lowest BCUT2D eigenvalue weighted by atomic mass is 10.3. The van der Waals surface area contributed by atoms with Gasteiger partial charge in [-0.2, -0.15) is 4.98 Å². The zero-order valence-corrected chi connectivity index (χ0v) is 10.6. The van der Waals surface area contributed by atoms with Gasteiger partial charge in [0.15, 0.2) is 22.5 Å². The number of halogens is 3. The Balaban J connectivity index is 2.28. The average molecular weight is 289 g/mol. The number of hydrogen-bond donors (Lipinski definition) is 1. The fraction of sp³-hybridized carbons (Fsp3) is 0.100. The molecular formula is C10H7Cl2FN4O. The second kappa shape index (κ2) is 5.32. The van der Waals surface area contributed by atoms with Gasteiger partial charge in [-0.3, -0.25) is 0 Å². The Bertz CT molecular complexity index is 582. The Morgan fingerprint density at radius 2 is 2.06 bits per heavy atom. The number of anilines is 2. The molecule has 2 aromatic rings. The summed E-state index contributed by atoms with van der Waals surface area (Å²) in [6.07, 6.45) is 0. The van der Waals surface area contributed by atoms with Gasteiger partial charge in [-0.1, -0.05) is 11.6 Å². The summed E-state index contributed by atoms with van der Waals surface area (Å²) in [7, 11) is 1.39. The van der Waals surface area contributed by atoms with E-state index in [9.17, 15) is 4.39 Å². The van der Waals surface area contributed by atoms with E-state index in [0.29, 0.717) is 5.69 Å². The molecule has 0 atom stereocenters. The zero-order valence-electron chi connectivity index (χ0n) is 9.12. The number of ether oxygens (including phenoxy) is 1. The van der Waals surface area contributed by atoms with E-state index in [1.54, 1.807) is 6.07 Å². The normalized spacial score (nSPS) is 10.2. The van der Waals surface area contributed by atoms with Crippen molar-refractivity contribution in [3.05, 3.63) is 34.5 Å². The molecule has 1 N–H and O–H groups in total. The third kappa shape index (κ3) is 2.77. The monoisotopic (exact) mass is 288 g/mol. The van der Waals surface area contributed by atoms with Gasteiger partial charge in [0.2, 0.25) is 5.28 Å². The van der Waals surface area contributed by atoms with Crippen molar-refractivity contribution in [1.29, 1.82) is 0 Å². The van der Waals surface area contributed by atoms with E-state index in [4.69, 9.17) is 27.9 Å². The molecule has 0 saturated heterocycles. The van der Waals surface area contributed by atoms with Crippen LogP contribution >= 0.6 is 23.2 Å². The maximum absolute atomic E-state index is 13.5. The van der Waals surface area contributed by atoms with E-state index in [2.05, 4.69) is 20.5 Å². The fourth-order valence-electron chi connectivity index (χ4n) is 1.25. The summed E-state index contributed by atoms with van der Waals surface area (Å²) >= 11 is 11.4. The second-order valence-electron chi connectivity index (χ2n) is 3.19. The van der Waals surface area contributed by atoms with Gasteiger partial charge in [0.05, 0.1) is 7.11 Å². The van der Waals surface area contributed by atoms with Crippen molar-refractivity contribution in [2.75, 3.05) is 12.4 Å². The Labute approximate surface area is 112 Å². The third-order valence-corrected chi connectivity index (χ3v) is 2.45. The summed E-state index contributed by atoms with van der Waals surface area (Å²) in [5, 5.41) is 9.79. The van der Waals surface area contributed by atoms with E-state index in [1.807, 2.05) is 0 Å². The standard InChI is InChI=1S/C10H7Cl2FN4O/c1-18-7-3-2-5(4-6(7)13)14-9-8(11)16-17-10(12)15-9/h2-4H,1H3,(H,14,15,17). The summed E-state index contributed by atoms with van der Waals surface area (Å²) < 4.78 is 18.3. The van der Waals surface area contributed by atoms with Crippen LogP contribution in [0.4, 0.5) is 15.9 Å². The first-order valence-corrected chi connectivity index (χ1v) is 5.52. The number of benzene rings is 1. The minimum absolute atomic E-state index is 0.0376. The van der Waals surface area contributed by atoms with Crippen LogP contribution in [0, 0.1) is 5.82 Å². The molecule has 5 nitrogen and oxygen atoms in total. The minimum Gasteiger partial charge on any atom is -0.494 e. The first kappa shape index (κ1) is 12.8. The van der Waals surface area contributed by atoms with Gasteiger partial charge >= 0.3 is 0 Å². The molecule has 0 aliphatic heterocycles. The summed E-state index contributed by atoms with van der Waals surface area (Å²) in [6, 6.07) is 4.32.